The highest BCUT2D eigenvalue weighted by molar-refractivity contribution is 5.35. The van der Waals surface area contributed by atoms with E-state index in [0.29, 0.717) is 6.07 Å². The highest BCUT2D eigenvalue weighted by Gasteiger charge is 2.34. The average molecular weight is 250 g/mol. The zero-order valence-corrected chi connectivity index (χ0v) is 8.65. The molecular weight excluding hydrogens is 243 g/mol. The van der Waals surface area contributed by atoms with Gasteiger partial charge in [-0.2, -0.15) is 18.4 Å². The molecule has 0 spiro atoms. The molecule has 0 N–H and O–H groups in total. The minimum absolute atomic E-state index is 0.0100. The number of aromatic nitrogens is 1. The minimum Gasteiger partial charge on any atom is -0.242 e. The number of pyridine rings is 1. The van der Waals surface area contributed by atoms with Gasteiger partial charge in [0.15, 0.2) is 0 Å². The van der Waals surface area contributed by atoms with Crippen molar-refractivity contribution in [1.29, 1.82) is 5.26 Å². The van der Waals surface area contributed by atoms with E-state index in [4.69, 9.17) is 5.26 Å². The molecule has 17 heavy (non-hydrogen) atoms. The van der Waals surface area contributed by atoms with Crippen LogP contribution in [0, 0.1) is 18.3 Å². The van der Waals surface area contributed by atoms with Gasteiger partial charge in [0.2, 0.25) is 0 Å². The molecule has 0 amide bonds. The van der Waals surface area contributed by atoms with E-state index < -0.39 is 30.4 Å². The van der Waals surface area contributed by atoms with Crippen molar-refractivity contribution < 1.29 is 22.0 Å². The Morgan fingerprint density at radius 3 is 2.41 bits per heavy atom. The summed E-state index contributed by atoms with van der Waals surface area (Å²) >= 11 is 0. The van der Waals surface area contributed by atoms with Crippen molar-refractivity contribution in [2.24, 2.45) is 0 Å². The Morgan fingerprint density at radius 2 is 2.00 bits per heavy atom. The van der Waals surface area contributed by atoms with Crippen LogP contribution in [0.2, 0.25) is 0 Å². The van der Waals surface area contributed by atoms with E-state index in [2.05, 4.69) is 4.98 Å². The second kappa shape index (κ2) is 4.65. The summed E-state index contributed by atoms with van der Waals surface area (Å²) in [6.45, 7) is 1.25. The molecule has 0 saturated carbocycles. The number of alkyl halides is 5. The van der Waals surface area contributed by atoms with Crippen molar-refractivity contribution in [2.45, 2.75) is 25.9 Å². The highest BCUT2D eigenvalue weighted by Crippen LogP contribution is 2.32. The highest BCUT2D eigenvalue weighted by atomic mass is 19.4. The molecule has 0 saturated heterocycles. The monoisotopic (exact) mass is 250 g/mol. The number of nitriles is 1. The Kier molecular flexibility index (Phi) is 3.66. The Balaban J connectivity index is 3.42. The van der Waals surface area contributed by atoms with Crippen molar-refractivity contribution in [3.8, 4) is 6.07 Å². The van der Waals surface area contributed by atoms with Crippen LogP contribution in [0.15, 0.2) is 6.07 Å². The van der Waals surface area contributed by atoms with E-state index in [0.717, 1.165) is 0 Å². The first-order chi connectivity index (χ1) is 7.77. The molecule has 0 aliphatic carbocycles. The normalized spacial score (nSPS) is 11.6. The molecule has 7 heteroatoms. The van der Waals surface area contributed by atoms with Gasteiger partial charge in [-0.3, -0.25) is 0 Å². The van der Waals surface area contributed by atoms with Crippen molar-refractivity contribution in [3.63, 3.8) is 0 Å². The average Bonchev–Trinajstić information content (AvgIpc) is 2.18. The fourth-order valence-corrected chi connectivity index (χ4v) is 1.36. The first kappa shape index (κ1) is 13.4. The van der Waals surface area contributed by atoms with Crippen LogP contribution in [0.1, 0.15) is 28.9 Å². The molecule has 0 atom stereocenters. The quantitative estimate of drug-likeness (QED) is 0.754. The maximum atomic E-state index is 12.6. The lowest BCUT2D eigenvalue weighted by atomic mass is 10.0. The van der Waals surface area contributed by atoms with E-state index >= 15 is 0 Å². The Hall–Kier alpha value is -1.71. The first-order valence-corrected chi connectivity index (χ1v) is 4.50. The number of aryl methyl sites for hydroxylation is 1. The number of rotatable bonds is 2. The van der Waals surface area contributed by atoms with Crippen molar-refractivity contribution in [1.82, 2.24) is 4.98 Å². The van der Waals surface area contributed by atoms with Crippen LogP contribution < -0.4 is 0 Å². The molecule has 2 nitrogen and oxygen atoms in total. The van der Waals surface area contributed by atoms with Gasteiger partial charge < -0.3 is 0 Å². The molecule has 0 fully saturated rings. The zero-order chi connectivity index (χ0) is 13.2. The number of hydrogen-bond acceptors (Lipinski definition) is 2. The van der Waals surface area contributed by atoms with Gasteiger partial charge in [0, 0.05) is 0 Å². The van der Waals surface area contributed by atoms with Crippen LogP contribution in [0.5, 0.6) is 0 Å². The van der Waals surface area contributed by atoms with Crippen molar-refractivity contribution >= 4 is 0 Å². The van der Waals surface area contributed by atoms with Crippen LogP contribution in [0.4, 0.5) is 22.0 Å². The predicted octanol–water partition coefficient (Wildman–Crippen LogP) is 3.41. The van der Waals surface area contributed by atoms with Gasteiger partial charge in [-0.1, -0.05) is 0 Å². The zero-order valence-electron chi connectivity index (χ0n) is 8.65. The smallest absolute Gasteiger partial charge is 0.242 e. The molecule has 0 radical (unpaired) electrons. The summed E-state index contributed by atoms with van der Waals surface area (Å²) in [7, 11) is 0. The van der Waals surface area contributed by atoms with E-state index in [1.54, 1.807) is 6.07 Å². The fraction of sp³-hybridized carbons (Fsp3) is 0.400. The maximum Gasteiger partial charge on any atom is 0.433 e. The second-order valence-electron chi connectivity index (χ2n) is 3.32. The van der Waals surface area contributed by atoms with Crippen LogP contribution in [0.3, 0.4) is 0 Å². The molecule has 0 unspecified atom stereocenters. The molecule has 0 aromatic carbocycles. The molecule has 0 aliphatic heterocycles. The number of hydrogen-bond donors (Lipinski definition) is 0. The third-order valence-electron chi connectivity index (χ3n) is 2.13. The van der Waals surface area contributed by atoms with E-state index in [1.165, 1.54) is 6.92 Å². The molecule has 1 aromatic heterocycles. The molecule has 1 aromatic rings. The number of halogens is 5. The van der Waals surface area contributed by atoms with Gasteiger partial charge in [0.05, 0.1) is 12.5 Å². The van der Waals surface area contributed by atoms with Crippen molar-refractivity contribution in [2.75, 3.05) is 0 Å². The standard InChI is InChI=1S/C10H7F5N2/c1-5-4-7(10(13,14)15)17-8(9(11)12)6(5)2-3-16/h4,9H,2H2,1H3. The summed E-state index contributed by atoms with van der Waals surface area (Å²) in [5.74, 6) is 0. The van der Waals surface area contributed by atoms with Gasteiger partial charge in [-0.05, 0) is 24.1 Å². The predicted molar refractivity (Wildman–Crippen MR) is 48.3 cm³/mol. The molecule has 1 rings (SSSR count). The van der Waals surface area contributed by atoms with Crippen LogP contribution in [-0.4, -0.2) is 4.98 Å². The largest absolute Gasteiger partial charge is 0.433 e. The lowest BCUT2D eigenvalue weighted by Crippen LogP contribution is -2.13. The summed E-state index contributed by atoms with van der Waals surface area (Å²) in [5.41, 5.74) is -2.49. The summed E-state index contributed by atoms with van der Waals surface area (Å²) in [4.78, 5) is 2.90. The van der Waals surface area contributed by atoms with Crippen LogP contribution in [-0.2, 0) is 12.6 Å². The molecule has 92 valence electrons. The van der Waals surface area contributed by atoms with Gasteiger partial charge >= 0.3 is 6.18 Å². The van der Waals surface area contributed by atoms with Gasteiger partial charge in [0.1, 0.15) is 11.4 Å². The number of nitrogens with zero attached hydrogens (tertiary/aromatic N) is 2. The van der Waals surface area contributed by atoms with E-state index in [-0.39, 0.29) is 11.1 Å². The van der Waals surface area contributed by atoms with Gasteiger partial charge in [-0.15, -0.1) is 0 Å². The molecular formula is C10H7F5N2. The van der Waals surface area contributed by atoms with Gasteiger partial charge in [-0.25, -0.2) is 13.8 Å². The lowest BCUT2D eigenvalue weighted by Gasteiger charge is -2.13. The minimum atomic E-state index is -4.78. The lowest BCUT2D eigenvalue weighted by molar-refractivity contribution is -0.141. The second-order valence-corrected chi connectivity index (χ2v) is 3.32. The Labute approximate surface area is 93.7 Å². The third-order valence-corrected chi connectivity index (χ3v) is 2.13. The van der Waals surface area contributed by atoms with Gasteiger partial charge in [0.25, 0.3) is 6.43 Å². The third kappa shape index (κ3) is 2.90. The van der Waals surface area contributed by atoms with Crippen molar-refractivity contribution in [3.05, 3.63) is 28.6 Å². The summed E-state index contributed by atoms with van der Waals surface area (Å²) in [5, 5.41) is 8.43. The SMILES string of the molecule is Cc1cc(C(F)(F)F)nc(C(F)F)c1CC#N. The Bertz CT molecular complexity index is 459. The first-order valence-electron chi connectivity index (χ1n) is 4.50. The maximum absolute atomic E-state index is 12.6. The Morgan fingerprint density at radius 1 is 1.41 bits per heavy atom. The summed E-state index contributed by atoms with van der Waals surface area (Å²) < 4.78 is 62.2. The summed E-state index contributed by atoms with van der Waals surface area (Å²) in [6, 6.07) is 2.29. The topological polar surface area (TPSA) is 36.7 Å². The summed E-state index contributed by atoms with van der Waals surface area (Å²) in [6.07, 6.45) is -8.31. The van der Waals surface area contributed by atoms with Crippen LogP contribution in [0.25, 0.3) is 0 Å². The fourth-order valence-electron chi connectivity index (χ4n) is 1.36. The van der Waals surface area contributed by atoms with E-state index in [9.17, 15) is 22.0 Å². The van der Waals surface area contributed by atoms with Crippen LogP contribution >= 0.6 is 0 Å². The molecule has 1 heterocycles. The molecule has 0 aliphatic rings. The molecule has 0 bridgehead atoms. The van der Waals surface area contributed by atoms with E-state index in [1.807, 2.05) is 0 Å².